The van der Waals surface area contributed by atoms with E-state index in [1.54, 1.807) is 0 Å². The van der Waals surface area contributed by atoms with Crippen LogP contribution in [0.4, 0.5) is 0 Å². The van der Waals surface area contributed by atoms with Gasteiger partial charge in [-0.1, -0.05) is 72.6 Å². The van der Waals surface area contributed by atoms with Gasteiger partial charge in [-0.3, -0.25) is 0 Å². The van der Waals surface area contributed by atoms with Crippen molar-refractivity contribution in [1.82, 2.24) is 0 Å². The molecule has 0 radical (unpaired) electrons. The highest BCUT2D eigenvalue weighted by Crippen LogP contribution is 2.72. The molecule has 1 saturated heterocycles. The maximum absolute atomic E-state index is 11.3. The van der Waals surface area contributed by atoms with Gasteiger partial charge in [-0.05, 0) is 68.0 Å². The highest BCUT2D eigenvalue weighted by atomic mass is 28.4. The van der Waals surface area contributed by atoms with Crippen molar-refractivity contribution in [2.45, 2.75) is 129 Å². The Hall–Kier alpha value is -0.383. The number of hydrogen-bond donors (Lipinski definition) is 1. The Labute approximate surface area is 216 Å². The molecule has 0 bridgehead atoms. The summed E-state index contributed by atoms with van der Waals surface area (Å²) in [6.07, 6.45) is 8.64. The number of aliphatic hydroxyl groups excluding tert-OH is 1. The summed E-state index contributed by atoms with van der Waals surface area (Å²) in [6, 6.07) is 0. The number of ether oxygens (including phenoxy) is 2. The van der Waals surface area contributed by atoms with E-state index in [-0.39, 0.29) is 34.5 Å². The highest BCUT2D eigenvalue weighted by molar-refractivity contribution is 6.74. The van der Waals surface area contributed by atoms with E-state index < -0.39 is 14.1 Å². The molecule has 1 aliphatic heterocycles. The fraction of sp³-hybridized carbons (Fsp3) is 0.933. The molecule has 35 heavy (non-hydrogen) atoms. The normalized spacial score (nSPS) is 36.4. The predicted molar refractivity (Wildman–Crippen MR) is 144 cm³/mol. The molecule has 4 fully saturated rings. The van der Waals surface area contributed by atoms with Crippen LogP contribution in [0.2, 0.25) is 18.1 Å². The Balaban J connectivity index is 1.67. The van der Waals surface area contributed by atoms with Crippen LogP contribution in [0.25, 0.3) is 0 Å². The second-order valence-corrected chi connectivity index (χ2v) is 18.5. The summed E-state index contributed by atoms with van der Waals surface area (Å²) in [5.41, 5.74) is -0.0661. The molecular weight excluding hydrogens is 452 g/mol. The van der Waals surface area contributed by atoms with Crippen molar-refractivity contribution in [3.05, 3.63) is 0 Å². The highest BCUT2D eigenvalue weighted by Gasteiger charge is 2.77. The lowest BCUT2D eigenvalue weighted by atomic mass is 9.37. The Kier molecular flexibility index (Phi) is 7.95. The minimum absolute atomic E-state index is 0.0214. The summed E-state index contributed by atoms with van der Waals surface area (Å²) < 4.78 is 19.9. The molecule has 0 aromatic carbocycles. The summed E-state index contributed by atoms with van der Waals surface area (Å²) in [6.45, 7) is 19.9. The lowest BCUT2D eigenvalue weighted by molar-refractivity contribution is -0.403. The van der Waals surface area contributed by atoms with E-state index >= 15 is 0 Å². The van der Waals surface area contributed by atoms with E-state index in [0.717, 1.165) is 19.3 Å². The van der Waals surface area contributed by atoms with Crippen LogP contribution in [0.5, 0.6) is 0 Å². The lowest BCUT2D eigenvalue weighted by Crippen LogP contribution is -2.76. The van der Waals surface area contributed by atoms with Gasteiger partial charge in [-0.15, -0.1) is 0 Å². The van der Waals surface area contributed by atoms with Crippen molar-refractivity contribution >= 4 is 8.32 Å². The van der Waals surface area contributed by atoms with Crippen molar-refractivity contribution < 1.29 is 19.0 Å². The first-order chi connectivity index (χ1) is 16.4. The van der Waals surface area contributed by atoms with Crippen LogP contribution in [0, 0.1) is 46.8 Å². The van der Waals surface area contributed by atoms with E-state index in [1.807, 2.05) is 0 Å². The second kappa shape index (κ2) is 10.1. The largest absolute Gasteiger partial charge is 0.403 e. The van der Waals surface area contributed by atoms with Gasteiger partial charge in [0.2, 0.25) is 0 Å². The summed E-state index contributed by atoms with van der Waals surface area (Å²) in [7, 11) is -1.96. The van der Waals surface area contributed by atoms with Crippen LogP contribution in [0.3, 0.4) is 0 Å². The quantitative estimate of drug-likeness (QED) is 0.331. The summed E-state index contributed by atoms with van der Waals surface area (Å²) in [5, 5.41) is 11.5. The third-order valence-electron chi connectivity index (χ3n) is 10.7. The molecule has 1 heterocycles. The first kappa shape index (κ1) is 27.6. The topological polar surface area (TPSA) is 47.9 Å². The van der Waals surface area contributed by atoms with Crippen molar-refractivity contribution in [2.24, 2.45) is 35.0 Å². The maximum atomic E-state index is 11.3. The number of fused-ring (bicyclic) bond motifs is 2. The molecule has 3 aliphatic carbocycles. The number of aliphatic hydroxyl groups is 1. The number of rotatable bonds is 5. The van der Waals surface area contributed by atoms with Gasteiger partial charge in [0.15, 0.2) is 14.1 Å². The van der Waals surface area contributed by atoms with Gasteiger partial charge in [-0.2, -0.15) is 0 Å². The van der Waals surface area contributed by atoms with Crippen LogP contribution in [0.15, 0.2) is 0 Å². The van der Waals surface area contributed by atoms with Gasteiger partial charge in [0, 0.05) is 11.3 Å². The van der Waals surface area contributed by atoms with Gasteiger partial charge in [0.25, 0.3) is 0 Å². The Morgan fingerprint density at radius 3 is 2.23 bits per heavy atom. The standard InChI is InChI=1S/C30H52O4Si/c1-9-24-27-23(25(31)17-18-29(27,21(2)3)30(24)32-19-20-33-30)15-16-26(22-13-11-10-12-14-22)34-35(7,8)28(4,5)6/h21-27,31H,9-14,17-20H2,1-8H3/t23-,24?,25+,26-,27-,29+/m1/s1. The molecule has 5 heteroatoms. The summed E-state index contributed by atoms with van der Waals surface area (Å²) in [5.74, 6) is 8.42. The number of hydrogen-bond acceptors (Lipinski definition) is 4. The zero-order valence-corrected chi connectivity index (χ0v) is 24.8. The van der Waals surface area contributed by atoms with Crippen LogP contribution < -0.4 is 0 Å². The SMILES string of the molecule is CCC1[C@H]2[C@H](C#C[C@@H](O[Si](C)(C)C(C)(C)C)C3CCCCC3)[C@@H](O)CC[C@@]2(C(C)C)C12OCCO2. The van der Waals surface area contributed by atoms with Crippen LogP contribution in [-0.2, 0) is 13.9 Å². The minimum Gasteiger partial charge on any atom is -0.403 e. The van der Waals surface area contributed by atoms with Crippen molar-refractivity contribution in [3.8, 4) is 11.8 Å². The average Bonchev–Trinajstić information content (AvgIpc) is 3.30. The maximum Gasteiger partial charge on any atom is 0.193 e. The first-order valence-corrected chi connectivity index (χ1v) is 17.5. The Bertz CT molecular complexity index is 793. The molecule has 0 aromatic heterocycles. The van der Waals surface area contributed by atoms with Gasteiger partial charge in [-0.25, -0.2) is 0 Å². The molecule has 3 saturated carbocycles. The van der Waals surface area contributed by atoms with Crippen molar-refractivity contribution in [2.75, 3.05) is 13.2 Å². The van der Waals surface area contributed by atoms with E-state index in [2.05, 4.69) is 66.5 Å². The molecule has 1 unspecified atom stereocenters. The predicted octanol–water partition coefficient (Wildman–Crippen LogP) is 6.77. The molecule has 200 valence electrons. The average molecular weight is 505 g/mol. The summed E-state index contributed by atoms with van der Waals surface area (Å²) >= 11 is 0. The lowest BCUT2D eigenvalue weighted by Gasteiger charge is -2.71. The van der Waals surface area contributed by atoms with Gasteiger partial charge in [0.1, 0.15) is 6.10 Å². The second-order valence-electron chi connectivity index (χ2n) is 13.7. The van der Waals surface area contributed by atoms with Crippen LogP contribution in [-0.4, -0.2) is 44.6 Å². The molecule has 4 aliphatic rings. The molecular formula is C30H52O4Si. The zero-order chi connectivity index (χ0) is 25.6. The smallest absolute Gasteiger partial charge is 0.193 e. The first-order valence-electron chi connectivity index (χ1n) is 14.6. The van der Waals surface area contributed by atoms with Crippen LogP contribution >= 0.6 is 0 Å². The fourth-order valence-electron chi connectivity index (χ4n) is 7.84. The monoisotopic (exact) mass is 504 g/mol. The van der Waals surface area contributed by atoms with Gasteiger partial charge < -0.3 is 19.0 Å². The van der Waals surface area contributed by atoms with E-state index in [4.69, 9.17) is 13.9 Å². The molecule has 6 atom stereocenters. The van der Waals surface area contributed by atoms with Crippen molar-refractivity contribution in [1.29, 1.82) is 0 Å². The molecule has 0 aromatic rings. The molecule has 1 N–H and O–H groups in total. The van der Waals surface area contributed by atoms with E-state index in [1.165, 1.54) is 32.1 Å². The Morgan fingerprint density at radius 1 is 1.06 bits per heavy atom. The zero-order valence-electron chi connectivity index (χ0n) is 23.8. The summed E-state index contributed by atoms with van der Waals surface area (Å²) in [4.78, 5) is 0. The molecule has 0 amide bonds. The van der Waals surface area contributed by atoms with Crippen LogP contribution in [0.1, 0.15) is 92.9 Å². The third-order valence-corrected chi connectivity index (χ3v) is 15.2. The fourth-order valence-corrected chi connectivity index (χ4v) is 9.08. The Morgan fingerprint density at radius 2 is 1.69 bits per heavy atom. The van der Waals surface area contributed by atoms with Gasteiger partial charge in [0.05, 0.1) is 25.2 Å². The van der Waals surface area contributed by atoms with E-state index in [0.29, 0.717) is 31.0 Å². The third kappa shape index (κ3) is 4.48. The van der Waals surface area contributed by atoms with Crippen molar-refractivity contribution in [3.63, 3.8) is 0 Å². The van der Waals surface area contributed by atoms with Gasteiger partial charge >= 0.3 is 0 Å². The molecule has 4 nitrogen and oxygen atoms in total. The molecule has 4 rings (SSSR count). The minimum atomic E-state index is -1.96. The van der Waals surface area contributed by atoms with E-state index in [9.17, 15) is 5.11 Å². The molecule has 1 spiro atoms.